The summed E-state index contributed by atoms with van der Waals surface area (Å²) in [7, 11) is 0. The molecule has 3 N–H and O–H groups in total. The number of thiocarbonyl (C=S) groups is 1. The van der Waals surface area contributed by atoms with Crippen LogP contribution in [0.3, 0.4) is 0 Å². The molecule has 0 radical (unpaired) electrons. The summed E-state index contributed by atoms with van der Waals surface area (Å²) in [5.74, 6) is 0.0527. The number of hydrogen-bond donors (Lipinski definition) is 2. The largest absolute Gasteiger partial charge is 0.490 e. The topological polar surface area (TPSA) is 85.9 Å². The molecule has 108 valence electrons. The number of rotatable bonds is 5. The minimum Gasteiger partial charge on any atom is -0.490 e. The van der Waals surface area contributed by atoms with Gasteiger partial charge in [0, 0.05) is 6.92 Å². The molecule has 0 aliphatic heterocycles. The summed E-state index contributed by atoms with van der Waals surface area (Å²) in [5.41, 5.74) is 8.30. The standard InChI is InChI=1S/C12H14ClN3O3S/c1-3-18-10-5-8(6-15-16-12(14)20)4-9(13)11(10)19-7(2)17/h4-6H,3H2,1-2H3,(H3,14,16,20). The van der Waals surface area contributed by atoms with Gasteiger partial charge in [0.25, 0.3) is 0 Å². The van der Waals surface area contributed by atoms with Gasteiger partial charge < -0.3 is 15.2 Å². The summed E-state index contributed by atoms with van der Waals surface area (Å²) >= 11 is 10.7. The lowest BCUT2D eigenvalue weighted by atomic mass is 10.2. The first-order valence-corrected chi connectivity index (χ1v) is 6.46. The molecule has 1 rings (SSSR count). The fraction of sp³-hybridized carbons (Fsp3) is 0.250. The molecule has 0 bridgehead atoms. The molecule has 0 aromatic heterocycles. The van der Waals surface area contributed by atoms with E-state index in [1.807, 2.05) is 0 Å². The Kier molecular flexibility index (Phi) is 6.20. The van der Waals surface area contributed by atoms with E-state index in [0.29, 0.717) is 17.9 Å². The van der Waals surface area contributed by atoms with Crippen molar-refractivity contribution in [3.63, 3.8) is 0 Å². The summed E-state index contributed by atoms with van der Waals surface area (Å²) in [4.78, 5) is 11.1. The quantitative estimate of drug-likeness (QED) is 0.283. The van der Waals surface area contributed by atoms with E-state index in [1.165, 1.54) is 13.1 Å². The van der Waals surface area contributed by atoms with Crippen LogP contribution in [0.25, 0.3) is 0 Å². The molecule has 0 aliphatic rings. The molecule has 0 aliphatic carbocycles. The highest BCUT2D eigenvalue weighted by Crippen LogP contribution is 2.36. The molecule has 0 heterocycles. The van der Waals surface area contributed by atoms with Crippen LogP contribution < -0.4 is 20.6 Å². The van der Waals surface area contributed by atoms with Gasteiger partial charge in [-0.2, -0.15) is 5.10 Å². The van der Waals surface area contributed by atoms with E-state index in [9.17, 15) is 4.79 Å². The number of ether oxygens (including phenoxy) is 2. The maximum Gasteiger partial charge on any atom is 0.308 e. The van der Waals surface area contributed by atoms with Crippen molar-refractivity contribution in [3.8, 4) is 11.5 Å². The number of nitrogens with one attached hydrogen (secondary N) is 1. The highest BCUT2D eigenvalue weighted by molar-refractivity contribution is 7.80. The monoisotopic (exact) mass is 315 g/mol. The Labute approximate surface area is 126 Å². The highest BCUT2D eigenvalue weighted by Gasteiger charge is 2.14. The number of hydrazone groups is 1. The third-order valence-corrected chi connectivity index (χ3v) is 2.34. The second-order valence-corrected chi connectivity index (χ2v) is 4.44. The van der Waals surface area contributed by atoms with Gasteiger partial charge in [-0.25, -0.2) is 0 Å². The number of carbonyl (C=O) groups is 1. The van der Waals surface area contributed by atoms with E-state index >= 15 is 0 Å². The minimum atomic E-state index is -0.482. The molecule has 8 heteroatoms. The van der Waals surface area contributed by atoms with E-state index in [-0.39, 0.29) is 15.9 Å². The smallest absolute Gasteiger partial charge is 0.308 e. The zero-order valence-electron chi connectivity index (χ0n) is 11.0. The van der Waals surface area contributed by atoms with E-state index in [4.69, 9.17) is 26.8 Å². The maximum absolute atomic E-state index is 11.1. The Hall–Kier alpha value is -1.86. The number of halogens is 1. The van der Waals surface area contributed by atoms with Crippen molar-refractivity contribution in [1.29, 1.82) is 0 Å². The molecule has 0 saturated carbocycles. The van der Waals surface area contributed by atoms with Gasteiger partial charge in [0.15, 0.2) is 16.6 Å². The van der Waals surface area contributed by atoms with E-state index < -0.39 is 5.97 Å². The van der Waals surface area contributed by atoms with E-state index in [0.717, 1.165) is 0 Å². The Balaban J connectivity index is 3.08. The predicted octanol–water partition coefficient (Wildman–Crippen LogP) is 1.83. The Morgan fingerprint density at radius 3 is 2.85 bits per heavy atom. The lowest BCUT2D eigenvalue weighted by Gasteiger charge is -2.12. The molecular formula is C12H14ClN3O3S. The highest BCUT2D eigenvalue weighted by atomic mass is 35.5. The normalized spacial score (nSPS) is 10.3. The molecule has 0 unspecified atom stereocenters. The summed E-state index contributed by atoms with van der Waals surface area (Å²) in [6, 6.07) is 3.21. The van der Waals surface area contributed by atoms with Crippen LogP contribution in [0.15, 0.2) is 17.2 Å². The van der Waals surface area contributed by atoms with Crippen LogP contribution in [0.2, 0.25) is 5.02 Å². The molecule has 0 amide bonds. The second-order valence-electron chi connectivity index (χ2n) is 3.59. The molecule has 6 nitrogen and oxygen atoms in total. The van der Waals surface area contributed by atoms with Crippen molar-refractivity contribution >= 4 is 41.1 Å². The molecule has 1 aromatic rings. The Morgan fingerprint density at radius 1 is 1.60 bits per heavy atom. The number of nitrogens with zero attached hydrogens (tertiary/aromatic N) is 1. The van der Waals surface area contributed by atoms with Crippen molar-refractivity contribution in [2.24, 2.45) is 10.8 Å². The third-order valence-electron chi connectivity index (χ3n) is 1.97. The fourth-order valence-electron chi connectivity index (χ4n) is 1.34. The van der Waals surface area contributed by atoms with Gasteiger partial charge in [-0.15, -0.1) is 0 Å². The molecule has 0 spiro atoms. The Bertz CT molecular complexity index is 549. The van der Waals surface area contributed by atoms with E-state index in [1.54, 1.807) is 19.1 Å². The second kappa shape index (κ2) is 7.66. The maximum atomic E-state index is 11.1. The molecule has 0 fully saturated rings. The van der Waals surface area contributed by atoms with Crippen molar-refractivity contribution in [2.45, 2.75) is 13.8 Å². The molecular weight excluding hydrogens is 302 g/mol. The van der Waals surface area contributed by atoms with Crippen LogP contribution in [0.5, 0.6) is 11.5 Å². The number of hydrogen-bond acceptors (Lipinski definition) is 5. The molecule has 0 saturated heterocycles. The lowest BCUT2D eigenvalue weighted by molar-refractivity contribution is -0.132. The van der Waals surface area contributed by atoms with Gasteiger partial charge >= 0.3 is 5.97 Å². The van der Waals surface area contributed by atoms with E-state index in [2.05, 4.69) is 22.7 Å². The van der Waals surface area contributed by atoms with Gasteiger partial charge in [0.1, 0.15) is 0 Å². The molecule has 20 heavy (non-hydrogen) atoms. The van der Waals surface area contributed by atoms with Gasteiger partial charge in [-0.05, 0) is 36.8 Å². The first kappa shape index (κ1) is 16.2. The minimum absolute atomic E-state index is 0.0499. The third kappa shape index (κ3) is 5.02. The van der Waals surface area contributed by atoms with Crippen molar-refractivity contribution in [3.05, 3.63) is 22.7 Å². The lowest BCUT2D eigenvalue weighted by Crippen LogP contribution is -2.24. The zero-order valence-corrected chi connectivity index (χ0v) is 12.5. The summed E-state index contributed by atoms with van der Waals surface area (Å²) in [5, 5.41) is 4.10. The number of benzene rings is 1. The van der Waals surface area contributed by atoms with Crippen LogP contribution in [0, 0.1) is 0 Å². The fourth-order valence-corrected chi connectivity index (χ4v) is 1.65. The number of nitrogens with two attached hydrogens (primary N) is 1. The van der Waals surface area contributed by atoms with Crippen LogP contribution in [0.4, 0.5) is 0 Å². The Morgan fingerprint density at radius 2 is 2.30 bits per heavy atom. The van der Waals surface area contributed by atoms with Crippen LogP contribution >= 0.6 is 23.8 Å². The molecule has 1 aromatic carbocycles. The van der Waals surface area contributed by atoms with Crippen molar-refractivity contribution in [2.75, 3.05) is 6.61 Å². The van der Waals surface area contributed by atoms with Crippen molar-refractivity contribution in [1.82, 2.24) is 5.43 Å². The number of carbonyl (C=O) groups excluding carboxylic acids is 1. The summed E-state index contributed by atoms with van der Waals surface area (Å²) in [6.45, 7) is 3.49. The SMILES string of the molecule is CCOc1cc(C=NNC(N)=S)cc(Cl)c1OC(C)=O. The van der Waals surface area contributed by atoms with Crippen LogP contribution in [-0.4, -0.2) is 23.9 Å². The predicted molar refractivity (Wildman–Crippen MR) is 81.4 cm³/mol. The first-order chi connectivity index (χ1) is 9.43. The summed E-state index contributed by atoms with van der Waals surface area (Å²) in [6.07, 6.45) is 1.46. The zero-order chi connectivity index (χ0) is 15.1. The number of esters is 1. The van der Waals surface area contributed by atoms with Crippen molar-refractivity contribution < 1.29 is 14.3 Å². The molecule has 0 atom stereocenters. The van der Waals surface area contributed by atoms with Gasteiger partial charge in [-0.1, -0.05) is 11.6 Å². The first-order valence-electron chi connectivity index (χ1n) is 5.67. The van der Waals surface area contributed by atoms with Crippen LogP contribution in [-0.2, 0) is 4.79 Å². The van der Waals surface area contributed by atoms with Gasteiger partial charge in [-0.3, -0.25) is 10.2 Å². The average molecular weight is 316 g/mol. The van der Waals surface area contributed by atoms with Gasteiger partial charge in [0.05, 0.1) is 17.8 Å². The summed E-state index contributed by atoms with van der Waals surface area (Å²) < 4.78 is 10.4. The van der Waals surface area contributed by atoms with Crippen LogP contribution in [0.1, 0.15) is 19.4 Å². The average Bonchev–Trinajstić information content (AvgIpc) is 2.33. The van der Waals surface area contributed by atoms with Gasteiger partial charge in [0.2, 0.25) is 0 Å².